The fraction of sp³-hybridized carbons (Fsp3) is 0.714. The molecule has 2 aliphatic rings. The lowest BCUT2D eigenvalue weighted by molar-refractivity contribution is -0.119. The maximum atomic E-state index is 12.4. The first-order valence-electron chi connectivity index (χ1n) is 7.10. The molecule has 1 aromatic heterocycles. The number of carbonyl (C=O) groups is 1. The largest absolute Gasteiger partial charge is 0.378 e. The molecule has 5 heteroatoms. The van der Waals surface area contributed by atoms with Crippen LogP contribution in [0.3, 0.4) is 0 Å². The van der Waals surface area contributed by atoms with Crippen LogP contribution in [0.15, 0.2) is 5.38 Å². The highest BCUT2D eigenvalue weighted by atomic mass is 32.1. The van der Waals surface area contributed by atoms with E-state index in [1.54, 1.807) is 11.3 Å². The minimum absolute atomic E-state index is 0.215. The molecular weight excluding hydrogens is 260 g/mol. The number of thiazole rings is 1. The fourth-order valence-corrected chi connectivity index (χ4v) is 3.42. The van der Waals surface area contributed by atoms with Gasteiger partial charge in [-0.25, -0.2) is 4.98 Å². The Balaban J connectivity index is 1.61. The first kappa shape index (κ1) is 13.1. The lowest BCUT2D eigenvalue weighted by Crippen LogP contribution is -2.33. The molecule has 2 heterocycles. The molecule has 1 aliphatic carbocycles. The second-order valence-electron chi connectivity index (χ2n) is 5.44. The summed E-state index contributed by atoms with van der Waals surface area (Å²) in [6.07, 6.45) is 6.20. The van der Waals surface area contributed by atoms with E-state index in [0.717, 1.165) is 49.5 Å². The van der Waals surface area contributed by atoms with Crippen molar-refractivity contribution < 1.29 is 9.53 Å². The molecule has 104 valence electrons. The van der Waals surface area contributed by atoms with E-state index in [-0.39, 0.29) is 5.91 Å². The lowest BCUT2D eigenvalue weighted by Gasteiger charge is -2.20. The Morgan fingerprint density at radius 3 is 2.95 bits per heavy atom. The summed E-state index contributed by atoms with van der Waals surface area (Å²) in [6, 6.07) is 0.391. The standard InChI is InChI=1S/C14H20N2O2S/c1-10-9-19-14(15-10)16(11-4-5-11)13(17)7-6-12-3-2-8-18-12/h9,11-12H,2-8H2,1H3/t12-/m1/s1. The first-order valence-corrected chi connectivity index (χ1v) is 7.98. The van der Waals surface area contributed by atoms with Crippen molar-refractivity contribution in [3.8, 4) is 0 Å². The van der Waals surface area contributed by atoms with Crippen LogP contribution < -0.4 is 4.90 Å². The molecule has 0 radical (unpaired) electrons. The van der Waals surface area contributed by atoms with Crippen molar-refractivity contribution in [1.29, 1.82) is 0 Å². The third-order valence-corrected chi connectivity index (χ3v) is 4.66. The molecule has 0 unspecified atom stereocenters. The summed E-state index contributed by atoms with van der Waals surface area (Å²) in [5.74, 6) is 0.215. The highest BCUT2D eigenvalue weighted by Crippen LogP contribution is 2.34. The van der Waals surface area contributed by atoms with Crippen LogP contribution in [0.2, 0.25) is 0 Å². The summed E-state index contributed by atoms with van der Waals surface area (Å²) in [4.78, 5) is 18.8. The van der Waals surface area contributed by atoms with E-state index in [4.69, 9.17) is 4.74 Å². The average Bonchev–Trinajstić information content (AvgIpc) is 2.90. The summed E-state index contributed by atoms with van der Waals surface area (Å²) >= 11 is 1.58. The minimum Gasteiger partial charge on any atom is -0.378 e. The normalized spacial score (nSPS) is 22.7. The van der Waals surface area contributed by atoms with E-state index in [1.807, 2.05) is 17.2 Å². The Morgan fingerprint density at radius 1 is 1.53 bits per heavy atom. The third kappa shape index (κ3) is 3.15. The Kier molecular flexibility index (Phi) is 3.84. The number of anilines is 1. The van der Waals surface area contributed by atoms with Crippen molar-refractivity contribution >= 4 is 22.4 Å². The van der Waals surface area contributed by atoms with Gasteiger partial charge in [0.2, 0.25) is 5.91 Å². The monoisotopic (exact) mass is 280 g/mol. The van der Waals surface area contributed by atoms with Gasteiger partial charge in [-0.3, -0.25) is 9.69 Å². The van der Waals surface area contributed by atoms with Crippen LogP contribution in [0.5, 0.6) is 0 Å². The number of carbonyl (C=O) groups excluding carboxylic acids is 1. The van der Waals surface area contributed by atoms with Gasteiger partial charge in [0.05, 0.1) is 11.8 Å². The second-order valence-corrected chi connectivity index (χ2v) is 6.28. The van der Waals surface area contributed by atoms with E-state index in [1.165, 1.54) is 0 Å². The zero-order valence-electron chi connectivity index (χ0n) is 11.3. The number of hydrogen-bond acceptors (Lipinski definition) is 4. The van der Waals surface area contributed by atoms with Crippen LogP contribution in [0, 0.1) is 6.92 Å². The Labute approximate surface area is 117 Å². The molecule has 0 aromatic carbocycles. The van der Waals surface area contributed by atoms with Gasteiger partial charge in [-0.2, -0.15) is 0 Å². The van der Waals surface area contributed by atoms with E-state index in [2.05, 4.69) is 4.98 Å². The molecule has 0 spiro atoms. The smallest absolute Gasteiger partial charge is 0.229 e. The maximum Gasteiger partial charge on any atom is 0.229 e. The van der Waals surface area contributed by atoms with Crippen LogP contribution in [0.1, 0.15) is 44.2 Å². The summed E-state index contributed by atoms with van der Waals surface area (Å²) in [5, 5.41) is 2.88. The third-order valence-electron chi connectivity index (χ3n) is 3.70. The van der Waals surface area contributed by atoms with E-state index in [0.29, 0.717) is 18.6 Å². The summed E-state index contributed by atoms with van der Waals surface area (Å²) in [6.45, 7) is 2.83. The van der Waals surface area contributed by atoms with Crippen LogP contribution in [0.4, 0.5) is 5.13 Å². The first-order chi connectivity index (χ1) is 9.24. The molecule has 1 saturated carbocycles. The summed E-state index contributed by atoms with van der Waals surface area (Å²) < 4.78 is 5.59. The molecule has 1 saturated heterocycles. The van der Waals surface area contributed by atoms with Gasteiger partial charge in [-0.05, 0) is 39.0 Å². The number of ether oxygens (including phenoxy) is 1. The molecule has 4 nitrogen and oxygen atoms in total. The molecule has 1 amide bonds. The number of amides is 1. The molecule has 1 aliphatic heterocycles. The number of aromatic nitrogens is 1. The fourth-order valence-electron chi connectivity index (χ4n) is 2.53. The van der Waals surface area contributed by atoms with Gasteiger partial charge in [0.25, 0.3) is 0 Å². The number of hydrogen-bond donors (Lipinski definition) is 0. The molecule has 19 heavy (non-hydrogen) atoms. The van der Waals surface area contributed by atoms with Gasteiger partial charge in [0, 0.05) is 24.4 Å². The number of aryl methyl sites for hydroxylation is 1. The molecule has 1 atom stereocenters. The zero-order chi connectivity index (χ0) is 13.2. The Hall–Kier alpha value is -0.940. The molecule has 2 fully saturated rings. The highest BCUT2D eigenvalue weighted by Gasteiger charge is 2.35. The Bertz CT molecular complexity index is 450. The van der Waals surface area contributed by atoms with Gasteiger partial charge in [-0.15, -0.1) is 11.3 Å². The van der Waals surface area contributed by atoms with Crippen LogP contribution in [-0.2, 0) is 9.53 Å². The van der Waals surface area contributed by atoms with Gasteiger partial charge in [0.15, 0.2) is 5.13 Å². The molecule has 3 rings (SSSR count). The lowest BCUT2D eigenvalue weighted by atomic mass is 10.1. The van der Waals surface area contributed by atoms with Crippen molar-refractivity contribution in [2.45, 2.75) is 57.6 Å². The van der Waals surface area contributed by atoms with Crippen molar-refractivity contribution in [3.63, 3.8) is 0 Å². The molecule has 1 aromatic rings. The SMILES string of the molecule is Cc1csc(N(C(=O)CC[C@H]2CCCO2)C2CC2)n1. The Morgan fingerprint density at radius 2 is 2.37 bits per heavy atom. The summed E-state index contributed by atoms with van der Waals surface area (Å²) in [7, 11) is 0. The van der Waals surface area contributed by atoms with E-state index < -0.39 is 0 Å². The minimum atomic E-state index is 0.215. The van der Waals surface area contributed by atoms with Crippen LogP contribution in [-0.4, -0.2) is 29.6 Å². The molecule has 0 N–H and O–H groups in total. The molecule has 0 bridgehead atoms. The zero-order valence-corrected chi connectivity index (χ0v) is 12.1. The van der Waals surface area contributed by atoms with Crippen molar-refractivity contribution in [2.75, 3.05) is 11.5 Å². The number of rotatable bonds is 5. The quantitative estimate of drug-likeness (QED) is 0.833. The topological polar surface area (TPSA) is 42.4 Å². The predicted octanol–water partition coefficient (Wildman–Crippen LogP) is 2.91. The van der Waals surface area contributed by atoms with Crippen LogP contribution in [0.25, 0.3) is 0 Å². The highest BCUT2D eigenvalue weighted by molar-refractivity contribution is 7.14. The van der Waals surface area contributed by atoms with Gasteiger partial charge < -0.3 is 4.74 Å². The van der Waals surface area contributed by atoms with Gasteiger partial charge in [-0.1, -0.05) is 0 Å². The molecular formula is C14H20N2O2S. The van der Waals surface area contributed by atoms with Crippen molar-refractivity contribution in [3.05, 3.63) is 11.1 Å². The average molecular weight is 280 g/mol. The summed E-state index contributed by atoms with van der Waals surface area (Å²) in [5.41, 5.74) is 0.998. The van der Waals surface area contributed by atoms with Gasteiger partial charge >= 0.3 is 0 Å². The van der Waals surface area contributed by atoms with Gasteiger partial charge in [0.1, 0.15) is 0 Å². The van der Waals surface area contributed by atoms with Crippen molar-refractivity contribution in [1.82, 2.24) is 4.98 Å². The van der Waals surface area contributed by atoms with Crippen LogP contribution >= 0.6 is 11.3 Å². The predicted molar refractivity (Wildman–Crippen MR) is 75.6 cm³/mol. The second kappa shape index (κ2) is 5.59. The van der Waals surface area contributed by atoms with Crippen molar-refractivity contribution in [2.24, 2.45) is 0 Å². The number of nitrogens with zero attached hydrogens (tertiary/aromatic N) is 2. The van der Waals surface area contributed by atoms with E-state index >= 15 is 0 Å². The van der Waals surface area contributed by atoms with E-state index in [9.17, 15) is 4.79 Å². The maximum absolute atomic E-state index is 12.4.